The van der Waals surface area contributed by atoms with Crippen molar-refractivity contribution in [3.8, 4) is 11.5 Å². The number of phenols is 1. The number of halogens is 2. The predicted molar refractivity (Wildman–Crippen MR) is 89.0 cm³/mol. The molecule has 0 aromatic heterocycles. The Morgan fingerprint density at radius 1 is 1.17 bits per heavy atom. The van der Waals surface area contributed by atoms with Crippen LogP contribution in [-0.4, -0.2) is 26.8 Å². The highest BCUT2D eigenvalue weighted by molar-refractivity contribution is 7.89. The molecule has 0 saturated heterocycles. The van der Waals surface area contributed by atoms with Crippen LogP contribution < -0.4 is 9.57 Å². The molecular weight excluding hydrogens is 363 g/mol. The molecule has 2 rings (SSSR count). The van der Waals surface area contributed by atoms with Crippen LogP contribution in [0.3, 0.4) is 0 Å². The number of sulfonamides is 1. The first-order chi connectivity index (χ1) is 10.8. The minimum absolute atomic E-state index is 0.00112. The number of hydrogen-bond donors (Lipinski definition) is 2. The van der Waals surface area contributed by atoms with Crippen molar-refractivity contribution < 1.29 is 18.3 Å². The van der Waals surface area contributed by atoms with Crippen molar-refractivity contribution in [1.29, 1.82) is 0 Å². The highest BCUT2D eigenvalue weighted by Gasteiger charge is 2.13. The van der Waals surface area contributed by atoms with Crippen LogP contribution in [0, 0.1) is 0 Å². The molecule has 0 bridgehead atoms. The monoisotopic (exact) mass is 374 g/mol. The van der Waals surface area contributed by atoms with Crippen LogP contribution in [0.15, 0.2) is 46.4 Å². The third kappa shape index (κ3) is 4.07. The van der Waals surface area contributed by atoms with Gasteiger partial charge in [-0.25, -0.2) is 4.83 Å². The molecule has 23 heavy (non-hydrogen) atoms. The largest absolute Gasteiger partial charge is 0.503 e. The SMILES string of the molecule is COc1ccc(/C=N/NS(=O)(=O)c2ccc(Cl)cc2)c(Cl)c1O. The van der Waals surface area contributed by atoms with Gasteiger partial charge in [0.2, 0.25) is 0 Å². The van der Waals surface area contributed by atoms with Gasteiger partial charge >= 0.3 is 0 Å². The standard InChI is InChI=1S/C14H12Cl2N2O4S/c1-22-12-7-2-9(13(16)14(12)19)8-17-18-23(20,21)11-5-3-10(15)4-6-11/h2-8,18-19H,1H3/b17-8+. The molecule has 0 aliphatic carbocycles. The number of ether oxygens (including phenoxy) is 1. The summed E-state index contributed by atoms with van der Waals surface area (Å²) in [7, 11) is -2.43. The summed E-state index contributed by atoms with van der Waals surface area (Å²) in [6.07, 6.45) is 1.18. The minimum atomic E-state index is -3.82. The van der Waals surface area contributed by atoms with E-state index in [1.165, 1.54) is 49.7 Å². The number of rotatable bonds is 5. The van der Waals surface area contributed by atoms with Crippen LogP contribution in [0.2, 0.25) is 10.0 Å². The van der Waals surface area contributed by atoms with Crippen molar-refractivity contribution in [3.05, 3.63) is 52.0 Å². The van der Waals surface area contributed by atoms with Crippen molar-refractivity contribution in [2.45, 2.75) is 4.90 Å². The van der Waals surface area contributed by atoms with Crippen LogP contribution in [0.4, 0.5) is 0 Å². The van der Waals surface area contributed by atoms with Gasteiger partial charge in [0.15, 0.2) is 11.5 Å². The van der Waals surface area contributed by atoms with E-state index >= 15 is 0 Å². The molecule has 0 atom stereocenters. The second kappa shape index (κ2) is 7.08. The lowest BCUT2D eigenvalue weighted by Gasteiger charge is -2.07. The smallest absolute Gasteiger partial charge is 0.276 e. The molecule has 9 heteroatoms. The Balaban J connectivity index is 2.18. The highest BCUT2D eigenvalue weighted by Crippen LogP contribution is 2.35. The first-order valence-electron chi connectivity index (χ1n) is 6.21. The first kappa shape index (κ1) is 17.4. The molecule has 122 valence electrons. The van der Waals surface area contributed by atoms with Crippen LogP contribution >= 0.6 is 23.2 Å². The Labute approximate surface area is 143 Å². The number of nitrogens with one attached hydrogen (secondary N) is 1. The Bertz CT molecular complexity index is 837. The van der Waals surface area contributed by atoms with E-state index in [4.69, 9.17) is 27.9 Å². The van der Waals surface area contributed by atoms with Gasteiger partial charge in [-0.2, -0.15) is 13.5 Å². The minimum Gasteiger partial charge on any atom is -0.503 e. The summed E-state index contributed by atoms with van der Waals surface area (Å²) in [5, 5.41) is 13.8. The molecule has 0 aliphatic heterocycles. The number of methoxy groups -OCH3 is 1. The Kier molecular flexibility index (Phi) is 5.35. The van der Waals surface area contributed by atoms with E-state index in [0.717, 1.165) is 0 Å². The summed E-state index contributed by atoms with van der Waals surface area (Å²) in [5.41, 5.74) is 0.323. The van der Waals surface area contributed by atoms with Crippen LogP contribution in [0.1, 0.15) is 5.56 Å². The maximum absolute atomic E-state index is 12.0. The zero-order chi connectivity index (χ0) is 17.0. The second-order valence-corrected chi connectivity index (χ2v) is 6.80. The quantitative estimate of drug-likeness (QED) is 0.621. The van der Waals surface area contributed by atoms with Gasteiger partial charge in [0, 0.05) is 10.6 Å². The summed E-state index contributed by atoms with van der Waals surface area (Å²) in [4.78, 5) is 2.06. The van der Waals surface area contributed by atoms with Crippen molar-refractivity contribution >= 4 is 39.4 Å². The summed E-state index contributed by atoms with van der Waals surface area (Å²) in [6, 6.07) is 8.63. The summed E-state index contributed by atoms with van der Waals surface area (Å²) >= 11 is 11.7. The molecular formula is C14H12Cl2N2O4S. The third-order valence-corrected chi connectivity index (χ3v) is 4.72. The number of hydrogen-bond acceptors (Lipinski definition) is 5. The molecule has 0 radical (unpaired) electrons. The molecule has 2 aromatic carbocycles. The zero-order valence-electron chi connectivity index (χ0n) is 11.8. The third-order valence-electron chi connectivity index (χ3n) is 2.83. The Morgan fingerprint density at radius 3 is 2.43 bits per heavy atom. The maximum atomic E-state index is 12.0. The van der Waals surface area contributed by atoms with Gasteiger partial charge in [-0.1, -0.05) is 23.2 Å². The highest BCUT2D eigenvalue weighted by atomic mass is 35.5. The predicted octanol–water partition coefficient (Wildman–Crippen LogP) is 3.02. The molecule has 0 unspecified atom stereocenters. The number of aromatic hydroxyl groups is 1. The molecule has 0 spiro atoms. The van der Waals surface area contributed by atoms with Gasteiger partial charge in [0.25, 0.3) is 10.0 Å². The molecule has 0 fully saturated rings. The van der Waals surface area contributed by atoms with Gasteiger partial charge < -0.3 is 9.84 Å². The van der Waals surface area contributed by atoms with E-state index < -0.39 is 10.0 Å². The van der Waals surface area contributed by atoms with Gasteiger partial charge in [-0.15, -0.1) is 0 Å². The van der Waals surface area contributed by atoms with Crippen LogP contribution in [0.25, 0.3) is 0 Å². The fourth-order valence-corrected chi connectivity index (χ4v) is 2.78. The lowest BCUT2D eigenvalue weighted by molar-refractivity contribution is 0.373. The van der Waals surface area contributed by atoms with Crippen molar-refractivity contribution in [2.24, 2.45) is 5.10 Å². The van der Waals surface area contributed by atoms with Crippen LogP contribution in [-0.2, 0) is 10.0 Å². The number of benzene rings is 2. The fraction of sp³-hybridized carbons (Fsp3) is 0.0714. The average molecular weight is 375 g/mol. The van der Waals surface area contributed by atoms with E-state index in [1.54, 1.807) is 0 Å². The number of hydrazone groups is 1. The summed E-state index contributed by atoms with van der Waals surface area (Å²) < 4.78 is 28.9. The lowest BCUT2D eigenvalue weighted by atomic mass is 10.2. The van der Waals surface area contributed by atoms with Crippen molar-refractivity contribution in [3.63, 3.8) is 0 Å². The summed E-state index contributed by atoms with van der Waals surface area (Å²) in [5.74, 6) is -0.0485. The van der Waals surface area contributed by atoms with E-state index in [-0.39, 0.29) is 21.4 Å². The van der Waals surface area contributed by atoms with Gasteiger partial charge in [-0.05, 0) is 36.4 Å². The topological polar surface area (TPSA) is 88.0 Å². The van der Waals surface area contributed by atoms with Crippen molar-refractivity contribution in [2.75, 3.05) is 7.11 Å². The molecule has 0 aliphatic rings. The first-order valence-corrected chi connectivity index (χ1v) is 8.45. The van der Waals surface area contributed by atoms with Gasteiger partial charge in [-0.3, -0.25) is 0 Å². The van der Waals surface area contributed by atoms with E-state index in [2.05, 4.69) is 5.10 Å². The Hall–Kier alpha value is -1.96. The number of phenolic OH excluding ortho intramolecular Hbond substituents is 1. The maximum Gasteiger partial charge on any atom is 0.276 e. The van der Waals surface area contributed by atoms with E-state index in [0.29, 0.717) is 10.6 Å². The number of nitrogens with zero attached hydrogens (tertiary/aromatic N) is 1. The van der Waals surface area contributed by atoms with E-state index in [9.17, 15) is 13.5 Å². The molecule has 0 amide bonds. The Morgan fingerprint density at radius 2 is 1.83 bits per heavy atom. The lowest BCUT2D eigenvalue weighted by Crippen LogP contribution is -2.18. The normalized spacial score (nSPS) is 11.6. The molecule has 2 N–H and O–H groups in total. The molecule has 2 aromatic rings. The van der Waals surface area contributed by atoms with Crippen LogP contribution in [0.5, 0.6) is 11.5 Å². The fourth-order valence-electron chi connectivity index (χ4n) is 1.66. The van der Waals surface area contributed by atoms with Gasteiger partial charge in [0.05, 0.1) is 23.2 Å². The second-order valence-electron chi connectivity index (χ2n) is 4.33. The summed E-state index contributed by atoms with van der Waals surface area (Å²) in [6.45, 7) is 0. The molecule has 0 saturated carbocycles. The molecule has 6 nitrogen and oxygen atoms in total. The average Bonchev–Trinajstić information content (AvgIpc) is 2.52. The zero-order valence-corrected chi connectivity index (χ0v) is 14.2. The van der Waals surface area contributed by atoms with E-state index in [1.807, 2.05) is 4.83 Å². The van der Waals surface area contributed by atoms with Crippen molar-refractivity contribution in [1.82, 2.24) is 4.83 Å². The van der Waals surface area contributed by atoms with Gasteiger partial charge in [0.1, 0.15) is 0 Å². The molecule has 0 heterocycles.